The van der Waals surface area contributed by atoms with Crippen LogP contribution >= 0.6 is 22.9 Å². The van der Waals surface area contributed by atoms with E-state index in [4.69, 9.17) is 21.3 Å². The van der Waals surface area contributed by atoms with Gasteiger partial charge in [0.1, 0.15) is 18.2 Å². The predicted molar refractivity (Wildman–Crippen MR) is 134 cm³/mol. The third-order valence-corrected chi connectivity index (χ3v) is 7.15. The number of thiazole rings is 1. The highest BCUT2D eigenvalue weighted by Crippen LogP contribution is 2.42. The Morgan fingerprint density at radius 2 is 1.82 bits per heavy atom. The van der Waals surface area contributed by atoms with Crippen LogP contribution < -0.4 is 10.1 Å². The minimum absolute atomic E-state index is 0.0622. The Labute approximate surface area is 204 Å². The van der Waals surface area contributed by atoms with Gasteiger partial charge < -0.3 is 10.1 Å². The van der Waals surface area contributed by atoms with Gasteiger partial charge in [-0.15, -0.1) is 0 Å². The van der Waals surface area contributed by atoms with Gasteiger partial charge in [0.2, 0.25) is 11.0 Å². The minimum Gasteiger partial charge on any atom is -0.489 e. The molecule has 0 fully saturated rings. The summed E-state index contributed by atoms with van der Waals surface area (Å²) in [5.41, 5.74) is 3.83. The monoisotopic (exact) mass is 486 g/mol. The van der Waals surface area contributed by atoms with Crippen molar-refractivity contribution in [3.8, 4) is 10.9 Å². The molecule has 0 spiro atoms. The van der Waals surface area contributed by atoms with Crippen LogP contribution in [-0.4, -0.2) is 20.7 Å². The first-order chi connectivity index (χ1) is 16.7. The van der Waals surface area contributed by atoms with E-state index in [-0.39, 0.29) is 11.8 Å². The van der Waals surface area contributed by atoms with E-state index in [2.05, 4.69) is 10.4 Å². The number of rotatable bonds is 5. The van der Waals surface area contributed by atoms with E-state index >= 15 is 0 Å². The Bertz CT molecular complexity index is 1480. The van der Waals surface area contributed by atoms with E-state index in [1.54, 1.807) is 4.68 Å². The van der Waals surface area contributed by atoms with E-state index in [0.29, 0.717) is 23.9 Å². The zero-order chi connectivity index (χ0) is 23.1. The molecular weight excluding hydrogens is 468 g/mol. The van der Waals surface area contributed by atoms with Crippen molar-refractivity contribution < 1.29 is 9.53 Å². The molecule has 2 aromatic heterocycles. The van der Waals surface area contributed by atoms with Crippen LogP contribution in [0.3, 0.4) is 0 Å². The third kappa shape index (κ3) is 3.83. The molecule has 0 saturated heterocycles. The van der Waals surface area contributed by atoms with E-state index in [9.17, 15) is 4.79 Å². The molecule has 0 aliphatic carbocycles. The number of carbonyl (C=O) groups is 1. The second-order valence-corrected chi connectivity index (χ2v) is 9.53. The quantitative estimate of drug-likeness (QED) is 0.321. The molecule has 1 amide bonds. The van der Waals surface area contributed by atoms with E-state index < -0.39 is 0 Å². The van der Waals surface area contributed by atoms with Crippen LogP contribution in [0.1, 0.15) is 29.0 Å². The van der Waals surface area contributed by atoms with Crippen LogP contribution in [0.5, 0.6) is 5.75 Å². The fourth-order valence-corrected chi connectivity index (χ4v) is 5.29. The van der Waals surface area contributed by atoms with Crippen molar-refractivity contribution in [2.45, 2.75) is 18.9 Å². The van der Waals surface area contributed by atoms with Gasteiger partial charge in [0.05, 0.1) is 16.4 Å². The number of fused-ring (bicyclic) bond motifs is 2. The van der Waals surface area contributed by atoms with Crippen molar-refractivity contribution in [3.05, 3.63) is 101 Å². The zero-order valence-electron chi connectivity index (χ0n) is 17.9. The Morgan fingerprint density at radius 3 is 2.68 bits per heavy atom. The fraction of sp³-hybridized carbons (Fsp3) is 0.115. The Kier molecular flexibility index (Phi) is 5.28. The Morgan fingerprint density at radius 1 is 1.03 bits per heavy atom. The van der Waals surface area contributed by atoms with Gasteiger partial charge in [-0.1, -0.05) is 65.4 Å². The van der Waals surface area contributed by atoms with Gasteiger partial charge in [-0.2, -0.15) is 9.78 Å². The van der Waals surface area contributed by atoms with Gasteiger partial charge in [0.15, 0.2) is 0 Å². The summed E-state index contributed by atoms with van der Waals surface area (Å²) in [6.07, 6.45) is 2.14. The van der Waals surface area contributed by atoms with Crippen LogP contribution in [0.15, 0.2) is 79.0 Å². The van der Waals surface area contributed by atoms with Crippen LogP contribution in [0.4, 0.5) is 5.82 Å². The Balaban J connectivity index is 1.35. The second kappa shape index (κ2) is 8.59. The molecule has 3 aromatic carbocycles. The number of carbonyl (C=O) groups excluding carboxylic acids is 1. The molecule has 168 valence electrons. The fourth-order valence-electron chi connectivity index (χ4n) is 4.23. The van der Waals surface area contributed by atoms with Crippen molar-refractivity contribution in [1.82, 2.24) is 14.8 Å². The highest BCUT2D eigenvalue weighted by molar-refractivity contribution is 7.20. The SMILES string of the molecule is O=C1CC(c2ccccc2OCc2ccc(Cl)cc2)c2cnn(-c3nc4ccccc4s3)c2N1. The first-order valence-corrected chi connectivity index (χ1v) is 12.0. The van der Waals surface area contributed by atoms with Crippen molar-refractivity contribution in [3.63, 3.8) is 0 Å². The van der Waals surface area contributed by atoms with Gasteiger partial charge in [0.25, 0.3) is 0 Å². The molecule has 1 N–H and O–H groups in total. The number of hydrogen-bond acceptors (Lipinski definition) is 5. The molecule has 34 heavy (non-hydrogen) atoms. The summed E-state index contributed by atoms with van der Waals surface area (Å²) in [6.45, 7) is 0.408. The minimum atomic E-state index is -0.173. The van der Waals surface area contributed by atoms with Gasteiger partial charge >= 0.3 is 0 Å². The first kappa shape index (κ1) is 20.9. The number of amides is 1. The number of hydrogen-bond donors (Lipinski definition) is 1. The number of nitrogens with zero attached hydrogens (tertiary/aromatic N) is 3. The van der Waals surface area contributed by atoms with Crippen LogP contribution in [0.25, 0.3) is 15.3 Å². The number of aromatic nitrogens is 3. The number of benzene rings is 3. The molecule has 8 heteroatoms. The summed E-state index contributed by atoms with van der Waals surface area (Å²) in [5.74, 6) is 1.17. The highest BCUT2D eigenvalue weighted by atomic mass is 35.5. The molecular formula is C26H19ClN4O2S. The summed E-state index contributed by atoms with van der Waals surface area (Å²) in [6, 6.07) is 23.4. The molecule has 0 saturated carbocycles. The summed E-state index contributed by atoms with van der Waals surface area (Å²) < 4.78 is 8.98. The lowest BCUT2D eigenvalue weighted by atomic mass is 9.87. The van der Waals surface area contributed by atoms with E-state index in [1.165, 1.54) is 11.3 Å². The van der Waals surface area contributed by atoms with Crippen molar-refractivity contribution in [2.24, 2.45) is 0 Å². The van der Waals surface area contributed by atoms with E-state index in [1.807, 2.05) is 79.0 Å². The highest BCUT2D eigenvalue weighted by Gasteiger charge is 2.32. The van der Waals surface area contributed by atoms with Crippen molar-refractivity contribution >= 4 is 44.9 Å². The summed E-state index contributed by atoms with van der Waals surface area (Å²) in [4.78, 5) is 17.5. The van der Waals surface area contributed by atoms with Gasteiger partial charge in [-0.3, -0.25) is 4.79 Å². The molecule has 0 bridgehead atoms. The van der Waals surface area contributed by atoms with E-state index in [0.717, 1.165) is 37.8 Å². The first-order valence-electron chi connectivity index (χ1n) is 10.9. The van der Waals surface area contributed by atoms with Gasteiger partial charge in [0, 0.05) is 28.5 Å². The molecule has 3 heterocycles. The molecule has 1 aliphatic heterocycles. The lowest BCUT2D eigenvalue weighted by Crippen LogP contribution is -2.24. The number of para-hydroxylation sites is 2. The molecule has 0 radical (unpaired) electrons. The smallest absolute Gasteiger partial charge is 0.226 e. The summed E-state index contributed by atoms with van der Waals surface area (Å²) >= 11 is 7.54. The molecule has 6 nitrogen and oxygen atoms in total. The normalized spacial score (nSPS) is 15.2. The summed E-state index contributed by atoms with van der Waals surface area (Å²) in [7, 11) is 0. The average molecular weight is 487 g/mol. The molecule has 1 aliphatic rings. The largest absolute Gasteiger partial charge is 0.489 e. The standard InChI is InChI=1S/C26H19ClN4O2S/c27-17-11-9-16(10-12-17)15-33-22-7-3-1-5-18(22)19-13-24(32)30-25-20(19)14-28-31(25)26-29-21-6-2-4-8-23(21)34-26/h1-12,14,19H,13,15H2,(H,30,32). The van der Waals surface area contributed by atoms with Crippen molar-refractivity contribution in [1.29, 1.82) is 0 Å². The van der Waals surface area contributed by atoms with Crippen molar-refractivity contribution in [2.75, 3.05) is 5.32 Å². The maximum absolute atomic E-state index is 12.8. The maximum atomic E-state index is 12.8. The lowest BCUT2D eigenvalue weighted by molar-refractivity contribution is -0.116. The summed E-state index contributed by atoms with van der Waals surface area (Å²) in [5, 5.41) is 9.02. The maximum Gasteiger partial charge on any atom is 0.226 e. The zero-order valence-corrected chi connectivity index (χ0v) is 19.5. The molecule has 1 atom stereocenters. The number of halogens is 1. The molecule has 6 rings (SSSR count). The lowest BCUT2D eigenvalue weighted by Gasteiger charge is -2.25. The van der Waals surface area contributed by atoms with Gasteiger partial charge in [-0.05, 0) is 35.9 Å². The third-order valence-electron chi connectivity index (χ3n) is 5.89. The van der Waals surface area contributed by atoms with Crippen LogP contribution in [0, 0.1) is 0 Å². The van der Waals surface area contributed by atoms with Gasteiger partial charge in [-0.25, -0.2) is 4.98 Å². The average Bonchev–Trinajstić information content (AvgIpc) is 3.47. The van der Waals surface area contributed by atoms with Crippen LogP contribution in [0.2, 0.25) is 5.02 Å². The molecule has 5 aromatic rings. The number of anilines is 1. The Hall–Kier alpha value is -3.68. The number of ether oxygens (including phenoxy) is 1. The second-order valence-electron chi connectivity index (χ2n) is 8.08. The topological polar surface area (TPSA) is 69.0 Å². The molecule has 1 unspecified atom stereocenters. The number of nitrogens with one attached hydrogen (secondary N) is 1. The predicted octanol–water partition coefficient (Wildman–Crippen LogP) is 6.19. The van der Waals surface area contributed by atoms with Crippen LogP contribution in [-0.2, 0) is 11.4 Å².